The summed E-state index contributed by atoms with van der Waals surface area (Å²) < 4.78 is 1.93. The predicted octanol–water partition coefficient (Wildman–Crippen LogP) is 4.03. The SMILES string of the molecule is Oc1c(C=c2ccc3c(c2)C=CN=3)sc(=NCc2ccccc2)n1CCc1ccccc1. The molecule has 158 valence electrons. The third-order valence-corrected chi connectivity index (χ3v) is 6.48. The zero-order chi connectivity index (χ0) is 21.8. The lowest BCUT2D eigenvalue weighted by atomic mass is 10.1. The molecule has 0 saturated heterocycles. The smallest absolute Gasteiger partial charge is 0.211 e. The molecule has 1 aliphatic rings. The van der Waals surface area contributed by atoms with Crippen LogP contribution >= 0.6 is 11.3 Å². The Morgan fingerprint density at radius 3 is 2.47 bits per heavy atom. The molecule has 1 aromatic heterocycles. The van der Waals surface area contributed by atoms with Crippen molar-refractivity contribution in [2.45, 2.75) is 19.5 Å². The number of aryl methyl sites for hydroxylation is 1. The van der Waals surface area contributed by atoms with E-state index in [2.05, 4.69) is 35.3 Å². The molecular formula is C27H23N3OS. The summed E-state index contributed by atoms with van der Waals surface area (Å²) in [6, 6.07) is 26.7. The highest BCUT2D eigenvalue weighted by atomic mass is 32.1. The van der Waals surface area contributed by atoms with Crippen LogP contribution in [0.3, 0.4) is 0 Å². The lowest BCUT2D eigenvalue weighted by Gasteiger charge is -2.06. The van der Waals surface area contributed by atoms with Crippen molar-refractivity contribution in [3.05, 3.63) is 122 Å². The molecule has 1 aliphatic heterocycles. The Kier molecular flexibility index (Phi) is 5.81. The lowest BCUT2D eigenvalue weighted by Crippen LogP contribution is -2.16. The molecule has 5 heteroatoms. The van der Waals surface area contributed by atoms with Gasteiger partial charge in [0.25, 0.3) is 0 Å². The van der Waals surface area contributed by atoms with Crippen molar-refractivity contribution in [2.24, 2.45) is 9.98 Å². The molecule has 0 bridgehead atoms. The van der Waals surface area contributed by atoms with Crippen molar-refractivity contribution in [1.82, 2.24) is 4.57 Å². The van der Waals surface area contributed by atoms with E-state index in [1.807, 2.05) is 71.5 Å². The first-order chi connectivity index (χ1) is 15.8. The summed E-state index contributed by atoms with van der Waals surface area (Å²) >= 11 is 1.52. The molecule has 0 spiro atoms. The summed E-state index contributed by atoms with van der Waals surface area (Å²) in [7, 11) is 0. The van der Waals surface area contributed by atoms with Gasteiger partial charge in [-0.25, -0.2) is 0 Å². The van der Waals surface area contributed by atoms with Crippen LogP contribution in [0.4, 0.5) is 0 Å². The monoisotopic (exact) mass is 437 g/mol. The Hall–Kier alpha value is -3.70. The third-order valence-electron chi connectivity index (χ3n) is 5.43. The van der Waals surface area contributed by atoms with Crippen molar-refractivity contribution < 1.29 is 5.11 Å². The van der Waals surface area contributed by atoms with Crippen LogP contribution in [0.15, 0.2) is 95.0 Å². The molecule has 3 aromatic carbocycles. The van der Waals surface area contributed by atoms with Crippen LogP contribution in [0.5, 0.6) is 5.88 Å². The second kappa shape index (κ2) is 9.20. The Labute approximate surface area is 190 Å². The third kappa shape index (κ3) is 4.48. The Morgan fingerprint density at radius 1 is 0.938 bits per heavy atom. The second-order valence-electron chi connectivity index (χ2n) is 7.67. The van der Waals surface area contributed by atoms with Crippen molar-refractivity contribution in [3.8, 4) is 5.88 Å². The van der Waals surface area contributed by atoms with E-state index in [0.29, 0.717) is 13.1 Å². The molecule has 2 heterocycles. The Bertz CT molecular complexity index is 1450. The van der Waals surface area contributed by atoms with Gasteiger partial charge in [0.15, 0.2) is 4.80 Å². The zero-order valence-corrected chi connectivity index (χ0v) is 18.4. The van der Waals surface area contributed by atoms with Gasteiger partial charge in [-0.1, -0.05) is 78.1 Å². The molecule has 5 rings (SSSR count). The molecule has 0 radical (unpaired) electrons. The zero-order valence-electron chi connectivity index (χ0n) is 17.6. The number of hydrogen-bond donors (Lipinski definition) is 1. The Balaban J connectivity index is 1.52. The van der Waals surface area contributed by atoms with Crippen molar-refractivity contribution >= 4 is 23.5 Å². The van der Waals surface area contributed by atoms with E-state index in [1.54, 1.807) is 0 Å². The quantitative estimate of drug-likeness (QED) is 0.486. The first kappa shape index (κ1) is 20.2. The van der Waals surface area contributed by atoms with E-state index in [4.69, 9.17) is 4.99 Å². The molecule has 0 unspecified atom stereocenters. The fourth-order valence-corrected chi connectivity index (χ4v) is 4.74. The standard InChI is InChI=1S/C27H23N3OS/c31-26-25(18-22-11-12-24-23(17-22)13-15-28-24)32-27(29-19-21-9-5-2-6-10-21)30(26)16-14-20-7-3-1-4-8-20/h1-13,15,17-18,31H,14,16,19H2. The molecule has 4 nitrogen and oxygen atoms in total. The lowest BCUT2D eigenvalue weighted by molar-refractivity contribution is 0.410. The van der Waals surface area contributed by atoms with Crippen LogP contribution < -0.4 is 15.4 Å². The molecule has 1 N–H and O–H groups in total. The molecule has 0 saturated carbocycles. The Morgan fingerprint density at radius 2 is 1.69 bits per heavy atom. The fraction of sp³-hybridized carbons (Fsp3) is 0.111. The van der Waals surface area contributed by atoms with Gasteiger partial charge in [-0.05, 0) is 47.1 Å². The highest BCUT2D eigenvalue weighted by molar-refractivity contribution is 7.10. The van der Waals surface area contributed by atoms with E-state index < -0.39 is 0 Å². The number of fused-ring (bicyclic) bond motifs is 1. The van der Waals surface area contributed by atoms with E-state index in [-0.39, 0.29) is 5.88 Å². The van der Waals surface area contributed by atoms with Crippen LogP contribution in [0, 0.1) is 0 Å². The number of nitrogens with zero attached hydrogens (tertiary/aromatic N) is 3. The van der Waals surface area contributed by atoms with Crippen LogP contribution in [0.1, 0.15) is 21.6 Å². The maximum absolute atomic E-state index is 11.1. The van der Waals surface area contributed by atoms with Gasteiger partial charge in [0.1, 0.15) is 0 Å². The maximum atomic E-state index is 11.1. The first-order valence-corrected chi connectivity index (χ1v) is 11.4. The summed E-state index contributed by atoms with van der Waals surface area (Å²) in [6.45, 7) is 1.25. The summed E-state index contributed by atoms with van der Waals surface area (Å²) in [4.78, 5) is 10.8. The molecule has 0 aliphatic carbocycles. The number of rotatable bonds is 6. The minimum atomic E-state index is 0.262. The van der Waals surface area contributed by atoms with Crippen LogP contribution in [0.25, 0.3) is 12.2 Å². The van der Waals surface area contributed by atoms with E-state index in [0.717, 1.165) is 37.8 Å². The molecule has 0 fully saturated rings. The number of aromatic hydroxyl groups is 1. The van der Waals surface area contributed by atoms with E-state index in [9.17, 15) is 5.11 Å². The average molecular weight is 438 g/mol. The number of thiazole rings is 1. The van der Waals surface area contributed by atoms with Crippen LogP contribution in [0.2, 0.25) is 0 Å². The maximum Gasteiger partial charge on any atom is 0.211 e. The van der Waals surface area contributed by atoms with Gasteiger partial charge in [-0.3, -0.25) is 14.6 Å². The van der Waals surface area contributed by atoms with Gasteiger partial charge >= 0.3 is 0 Å². The molecular weight excluding hydrogens is 414 g/mol. The average Bonchev–Trinajstić information content (AvgIpc) is 3.42. The van der Waals surface area contributed by atoms with E-state index >= 15 is 0 Å². The van der Waals surface area contributed by atoms with Crippen LogP contribution in [-0.4, -0.2) is 9.67 Å². The first-order valence-electron chi connectivity index (χ1n) is 10.6. The topological polar surface area (TPSA) is 49.9 Å². The summed E-state index contributed by atoms with van der Waals surface area (Å²) in [5.41, 5.74) is 3.48. The number of aromatic nitrogens is 1. The van der Waals surface area contributed by atoms with Gasteiger partial charge in [0.05, 0.1) is 16.8 Å². The molecule has 0 amide bonds. The minimum Gasteiger partial charge on any atom is -0.493 e. The highest BCUT2D eigenvalue weighted by Gasteiger charge is 2.11. The van der Waals surface area contributed by atoms with Crippen molar-refractivity contribution in [2.75, 3.05) is 0 Å². The molecule has 0 atom stereocenters. The summed E-state index contributed by atoms with van der Waals surface area (Å²) in [5, 5.41) is 13.1. The molecule has 4 aromatic rings. The largest absolute Gasteiger partial charge is 0.493 e. The van der Waals surface area contributed by atoms with Gasteiger partial charge < -0.3 is 5.11 Å². The van der Waals surface area contributed by atoms with Gasteiger partial charge in [0, 0.05) is 18.3 Å². The summed E-state index contributed by atoms with van der Waals surface area (Å²) in [5.74, 6) is 0.262. The van der Waals surface area contributed by atoms with Gasteiger partial charge in [-0.15, -0.1) is 0 Å². The van der Waals surface area contributed by atoms with Crippen LogP contribution in [-0.2, 0) is 19.5 Å². The predicted molar refractivity (Wildman–Crippen MR) is 130 cm³/mol. The van der Waals surface area contributed by atoms with Gasteiger partial charge in [0.2, 0.25) is 5.88 Å². The highest BCUT2D eigenvalue weighted by Crippen LogP contribution is 2.21. The fourth-order valence-electron chi connectivity index (χ4n) is 3.73. The minimum absolute atomic E-state index is 0.262. The number of benzene rings is 3. The van der Waals surface area contributed by atoms with Crippen molar-refractivity contribution in [3.63, 3.8) is 0 Å². The normalized spacial score (nSPS) is 13.4. The molecule has 32 heavy (non-hydrogen) atoms. The second-order valence-corrected chi connectivity index (χ2v) is 8.68. The number of hydrogen-bond acceptors (Lipinski definition) is 4. The van der Waals surface area contributed by atoms with Gasteiger partial charge in [-0.2, -0.15) is 0 Å². The van der Waals surface area contributed by atoms with E-state index in [1.165, 1.54) is 16.9 Å². The van der Waals surface area contributed by atoms with Crippen molar-refractivity contribution in [1.29, 1.82) is 0 Å². The summed E-state index contributed by atoms with van der Waals surface area (Å²) in [6.07, 6.45) is 6.66.